The molecule has 0 spiro atoms. The van der Waals surface area contributed by atoms with Crippen LogP contribution in [0.4, 0.5) is 0 Å². The molecule has 23 heavy (non-hydrogen) atoms. The Morgan fingerprint density at radius 3 is 1.04 bits per heavy atom. The van der Waals surface area contributed by atoms with E-state index in [9.17, 15) is 0 Å². The number of hydrogen-bond acceptors (Lipinski definition) is 1. The Morgan fingerprint density at radius 1 is 0.609 bits per heavy atom. The first kappa shape index (κ1) is 19.7. The maximum atomic E-state index is 8.45. The summed E-state index contributed by atoms with van der Waals surface area (Å²) in [6.45, 7) is 0. The number of benzene rings is 3. The van der Waals surface area contributed by atoms with Gasteiger partial charge >= 0.3 is 0 Å². The summed E-state index contributed by atoms with van der Waals surface area (Å²) in [6, 6.07) is 32.5. The largest absolute Gasteiger partial charge is 0.525 e. The first-order valence-corrected chi connectivity index (χ1v) is 8.75. The minimum absolute atomic E-state index is 0. The first-order valence-electron chi connectivity index (χ1n) is 6.88. The van der Waals surface area contributed by atoms with Gasteiger partial charge in [0.05, 0.1) is 7.92 Å². The van der Waals surface area contributed by atoms with Crippen molar-refractivity contribution >= 4 is 41.2 Å². The first-order chi connectivity index (χ1) is 10.9. The number of hydrogen-bond donors (Lipinski definition) is 0. The van der Waals surface area contributed by atoms with Gasteiger partial charge in [0.25, 0.3) is 0 Å². The Labute approximate surface area is 156 Å². The molecule has 0 bridgehead atoms. The third-order valence-corrected chi connectivity index (χ3v) is 5.92. The van der Waals surface area contributed by atoms with Crippen molar-refractivity contribution in [2.24, 2.45) is 0 Å². The maximum Gasteiger partial charge on any atom is 0.102 e. The van der Waals surface area contributed by atoms with Gasteiger partial charge in [-0.25, -0.2) is 0 Å². The summed E-state index contributed by atoms with van der Waals surface area (Å²) in [5.41, 5.74) is 0. The molecule has 3 aromatic rings. The van der Waals surface area contributed by atoms with Crippen molar-refractivity contribution in [3.63, 3.8) is 0 Å². The molecule has 119 valence electrons. The SMILES string of the molecule is O=[C-]Cl.[Ir].c1ccc([PH+](c2ccccc2)c2ccccc2)cc1. The van der Waals surface area contributed by atoms with Gasteiger partial charge in [-0.3, -0.25) is 0 Å². The molecule has 0 amide bonds. The van der Waals surface area contributed by atoms with Gasteiger partial charge in [-0.1, -0.05) is 54.6 Å². The van der Waals surface area contributed by atoms with E-state index in [2.05, 4.69) is 103 Å². The molecule has 0 aliphatic heterocycles. The average Bonchev–Trinajstić information content (AvgIpc) is 2.59. The van der Waals surface area contributed by atoms with Gasteiger partial charge in [-0.15, -0.1) is 0 Å². The fourth-order valence-electron chi connectivity index (χ4n) is 2.31. The van der Waals surface area contributed by atoms with Crippen LogP contribution in [0.1, 0.15) is 0 Å². The van der Waals surface area contributed by atoms with E-state index in [-0.39, 0.29) is 20.1 Å². The molecular formula is C19H16ClIrOP. The Hall–Kier alpha value is -1.30. The van der Waals surface area contributed by atoms with E-state index in [0.29, 0.717) is 0 Å². The minimum atomic E-state index is -0.877. The topological polar surface area (TPSA) is 17.1 Å². The van der Waals surface area contributed by atoms with Crippen LogP contribution >= 0.6 is 19.5 Å². The zero-order valence-electron chi connectivity index (χ0n) is 12.3. The summed E-state index contributed by atoms with van der Waals surface area (Å²) in [7, 11) is -0.877. The van der Waals surface area contributed by atoms with E-state index in [4.69, 9.17) is 4.79 Å². The Balaban J connectivity index is 0.000000615. The molecule has 0 aliphatic rings. The molecule has 0 atom stereocenters. The van der Waals surface area contributed by atoms with Crippen LogP contribution < -0.4 is 15.9 Å². The fraction of sp³-hybridized carbons (Fsp3) is 0. The van der Waals surface area contributed by atoms with Crippen LogP contribution in [0.15, 0.2) is 91.0 Å². The predicted molar refractivity (Wildman–Crippen MR) is 98.1 cm³/mol. The molecule has 0 saturated carbocycles. The normalized spacial score (nSPS) is 9.30. The van der Waals surface area contributed by atoms with Crippen molar-refractivity contribution in [2.45, 2.75) is 0 Å². The molecule has 3 aromatic carbocycles. The predicted octanol–water partition coefficient (Wildman–Crippen LogP) is 3.47. The molecule has 3 rings (SSSR count). The van der Waals surface area contributed by atoms with E-state index in [1.54, 1.807) is 0 Å². The molecule has 0 N–H and O–H groups in total. The summed E-state index contributed by atoms with van der Waals surface area (Å²) in [5.74, 6) is 0.972. The molecule has 4 heteroatoms. The van der Waals surface area contributed by atoms with Gasteiger partial charge in [0, 0.05) is 20.1 Å². The maximum absolute atomic E-state index is 8.45. The molecule has 0 saturated heterocycles. The molecule has 0 aromatic heterocycles. The molecule has 1 radical (unpaired) electrons. The van der Waals surface area contributed by atoms with Crippen molar-refractivity contribution in [1.82, 2.24) is 0 Å². The average molecular weight is 519 g/mol. The zero-order chi connectivity index (χ0) is 15.6. The van der Waals surface area contributed by atoms with Crippen LogP contribution in [-0.4, -0.2) is 5.75 Å². The van der Waals surface area contributed by atoms with Crippen LogP contribution in [0.3, 0.4) is 0 Å². The van der Waals surface area contributed by atoms with E-state index >= 15 is 0 Å². The molecule has 0 aliphatic carbocycles. The van der Waals surface area contributed by atoms with Crippen molar-refractivity contribution in [2.75, 3.05) is 0 Å². The zero-order valence-corrected chi connectivity index (χ0v) is 16.4. The summed E-state index contributed by atoms with van der Waals surface area (Å²) < 4.78 is 0. The van der Waals surface area contributed by atoms with Crippen molar-refractivity contribution in [1.29, 1.82) is 0 Å². The second-order valence-electron chi connectivity index (χ2n) is 4.55. The van der Waals surface area contributed by atoms with Crippen molar-refractivity contribution in [3.05, 3.63) is 91.0 Å². The second kappa shape index (κ2) is 11.3. The summed E-state index contributed by atoms with van der Waals surface area (Å²) in [6.07, 6.45) is 0. The third kappa shape index (κ3) is 6.01. The standard InChI is InChI=1S/C18H15P.CClO.Ir/c1-4-10-16(11-5-1)19(17-12-6-2-7-13-17)18-14-8-3-9-15-18;2-1-3;/h1-15H;;/q;-1;/p+1. The van der Waals surface area contributed by atoms with E-state index < -0.39 is 7.92 Å². The number of halogens is 1. The van der Waals surface area contributed by atoms with Gasteiger partial charge in [-0.2, -0.15) is 5.75 Å². The Bertz CT molecular complexity index is 584. The third-order valence-electron chi connectivity index (χ3n) is 3.19. The molecule has 0 fully saturated rings. The van der Waals surface area contributed by atoms with Gasteiger partial charge in [0.1, 0.15) is 15.9 Å². The van der Waals surface area contributed by atoms with Gasteiger partial charge in [-0.05, 0) is 36.4 Å². The summed E-state index contributed by atoms with van der Waals surface area (Å²) in [5, 5.41) is 4.31. The molecular weight excluding hydrogens is 503 g/mol. The van der Waals surface area contributed by atoms with E-state index in [0.717, 1.165) is 5.75 Å². The minimum Gasteiger partial charge on any atom is -0.525 e. The van der Waals surface area contributed by atoms with Crippen molar-refractivity contribution < 1.29 is 24.9 Å². The Kier molecular flexibility index (Phi) is 9.67. The van der Waals surface area contributed by atoms with Crippen LogP contribution in [0.5, 0.6) is 0 Å². The smallest absolute Gasteiger partial charge is 0.102 e. The number of carbonyl (C=O) groups excluding carboxylic acids is 1. The van der Waals surface area contributed by atoms with Crippen LogP contribution in [0.25, 0.3) is 0 Å². The Morgan fingerprint density at radius 2 is 0.826 bits per heavy atom. The van der Waals surface area contributed by atoms with Gasteiger partial charge in [0.2, 0.25) is 0 Å². The van der Waals surface area contributed by atoms with Gasteiger partial charge in [0.15, 0.2) is 0 Å². The van der Waals surface area contributed by atoms with Gasteiger partial charge < -0.3 is 16.4 Å². The van der Waals surface area contributed by atoms with E-state index in [1.807, 2.05) is 0 Å². The van der Waals surface area contributed by atoms with Crippen LogP contribution in [0, 0.1) is 0 Å². The van der Waals surface area contributed by atoms with Crippen LogP contribution in [-0.2, 0) is 24.9 Å². The fourth-order valence-corrected chi connectivity index (χ4v) is 4.89. The quantitative estimate of drug-likeness (QED) is 0.295. The van der Waals surface area contributed by atoms with Crippen molar-refractivity contribution in [3.8, 4) is 0 Å². The second-order valence-corrected chi connectivity index (χ2v) is 7.19. The monoisotopic (exact) mass is 519 g/mol. The molecule has 0 unspecified atom stereocenters. The molecule has 1 nitrogen and oxygen atoms in total. The number of rotatable bonds is 3. The van der Waals surface area contributed by atoms with Crippen LogP contribution in [0.2, 0.25) is 0 Å². The summed E-state index contributed by atoms with van der Waals surface area (Å²) in [4.78, 5) is 8.45. The summed E-state index contributed by atoms with van der Waals surface area (Å²) >= 11 is 4.19. The van der Waals surface area contributed by atoms with E-state index in [1.165, 1.54) is 15.9 Å². The molecule has 0 heterocycles.